The van der Waals surface area contributed by atoms with Gasteiger partial charge in [0.1, 0.15) is 5.75 Å². The van der Waals surface area contributed by atoms with E-state index in [1.54, 1.807) is 6.92 Å². The van der Waals surface area contributed by atoms with Crippen molar-refractivity contribution in [3.05, 3.63) is 65.7 Å². The summed E-state index contributed by atoms with van der Waals surface area (Å²) in [7, 11) is 0. The molecule has 2 aromatic carbocycles. The number of aliphatic hydroxyl groups excluding tert-OH is 1. The molecule has 27 heavy (non-hydrogen) atoms. The fourth-order valence-electron chi connectivity index (χ4n) is 3.13. The number of hydrogen-bond acceptors (Lipinski definition) is 4. The number of para-hydroxylation sites is 1. The molecule has 6 heteroatoms. The van der Waals surface area contributed by atoms with Crippen molar-refractivity contribution >= 4 is 18.3 Å². The monoisotopic (exact) mass is 390 g/mol. The highest BCUT2D eigenvalue weighted by Crippen LogP contribution is 2.22. The third kappa shape index (κ3) is 5.96. The molecule has 3 N–H and O–H groups in total. The van der Waals surface area contributed by atoms with Crippen molar-refractivity contribution in [2.24, 2.45) is 5.92 Å². The van der Waals surface area contributed by atoms with Crippen LogP contribution in [-0.2, 0) is 11.2 Å². The van der Waals surface area contributed by atoms with Crippen molar-refractivity contribution in [1.29, 1.82) is 0 Å². The molecule has 0 aliphatic carbocycles. The lowest BCUT2D eigenvalue weighted by atomic mass is 10.0. The van der Waals surface area contributed by atoms with Gasteiger partial charge >= 0.3 is 0 Å². The number of nitrogens with one attached hydrogen (secondary N) is 2. The van der Waals surface area contributed by atoms with Crippen LogP contribution >= 0.6 is 12.4 Å². The highest BCUT2D eigenvalue weighted by Gasteiger charge is 2.26. The Kier molecular flexibility index (Phi) is 8.10. The quantitative estimate of drug-likeness (QED) is 0.677. The molecule has 0 spiro atoms. The van der Waals surface area contributed by atoms with Gasteiger partial charge < -0.3 is 20.5 Å². The van der Waals surface area contributed by atoms with Crippen LogP contribution in [0.25, 0.3) is 0 Å². The van der Waals surface area contributed by atoms with Crippen LogP contribution in [0.2, 0.25) is 0 Å². The van der Waals surface area contributed by atoms with Crippen molar-refractivity contribution in [3.8, 4) is 5.75 Å². The average molecular weight is 391 g/mol. The zero-order chi connectivity index (χ0) is 18.4. The Balaban J connectivity index is 0.00000261. The molecule has 1 fully saturated rings. The van der Waals surface area contributed by atoms with E-state index in [9.17, 15) is 9.90 Å². The Morgan fingerprint density at radius 3 is 2.59 bits per heavy atom. The van der Waals surface area contributed by atoms with E-state index in [0.717, 1.165) is 24.3 Å². The summed E-state index contributed by atoms with van der Waals surface area (Å²) < 4.78 is 5.93. The first-order valence-corrected chi connectivity index (χ1v) is 9.08. The van der Waals surface area contributed by atoms with Crippen LogP contribution in [0, 0.1) is 5.92 Å². The number of rotatable bonds is 7. The first kappa shape index (κ1) is 21.2. The molecule has 1 saturated heterocycles. The zero-order valence-electron chi connectivity index (χ0n) is 15.4. The Labute approximate surface area is 166 Å². The smallest absolute Gasteiger partial charge is 0.260 e. The maximum absolute atomic E-state index is 12.3. The lowest BCUT2D eigenvalue weighted by Gasteiger charge is -2.19. The van der Waals surface area contributed by atoms with Gasteiger partial charge in [0.15, 0.2) is 6.10 Å². The van der Waals surface area contributed by atoms with Crippen LogP contribution in [0.4, 0.5) is 0 Å². The highest BCUT2D eigenvalue weighted by atomic mass is 35.5. The molecular formula is C21H27ClN2O3. The summed E-state index contributed by atoms with van der Waals surface area (Å²) in [5.74, 6) is 0.608. The molecule has 2 aromatic rings. The molecule has 3 atom stereocenters. The average Bonchev–Trinajstić information content (AvgIpc) is 3.07. The summed E-state index contributed by atoms with van der Waals surface area (Å²) >= 11 is 0. The first-order chi connectivity index (χ1) is 12.6. The minimum Gasteiger partial charge on any atom is -0.481 e. The molecule has 146 valence electrons. The van der Waals surface area contributed by atoms with E-state index in [4.69, 9.17) is 4.74 Å². The molecule has 3 rings (SSSR count). The molecule has 5 nitrogen and oxygen atoms in total. The Morgan fingerprint density at radius 1 is 1.19 bits per heavy atom. The minimum absolute atomic E-state index is 0. The number of carbonyl (C=O) groups is 1. The molecule has 1 aliphatic heterocycles. The second kappa shape index (κ2) is 10.3. The Bertz CT molecular complexity index is 726. The van der Waals surface area contributed by atoms with Crippen LogP contribution in [0.15, 0.2) is 54.6 Å². The molecule has 1 heterocycles. The number of aliphatic hydroxyl groups is 1. The maximum Gasteiger partial charge on any atom is 0.260 e. The van der Waals surface area contributed by atoms with Gasteiger partial charge in [-0.1, -0.05) is 48.5 Å². The normalized spacial score (nSPS) is 19.8. The number of carbonyl (C=O) groups excluding carboxylic acids is 1. The molecule has 0 radical (unpaired) electrons. The van der Waals surface area contributed by atoms with E-state index in [-0.39, 0.29) is 24.2 Å². The molecule has 3 unspecified atom stereocenters. The molecule has 0 bridgehead atoms. The third-order valence-corrected chi connectivity index (χ3v) is 4.73. The first-order valence-electron chi connectivity index (χ1n) is 9.08. The van der Waals surface area contributed by atoms with Gasteiger partial charge in [0, 0.05) is 32.0 Å². The van der Waals surface area contributed by atoms with E-state index in [0.29, 0.717) is 13.1 Å². The van der Waals surface area contributed by atoms with E-state index in [1.807, 2.05) is 42.5 Å². The summed E-state index contributed by atoms with van der Waals surface area (Å²) in [6, 6.07) is 18.0. The largest absolute Gasteiger partial charge is 0.481 e. The van der Waals surface area contributed by atoms with Gasteiger partial charge in [0.2, 0.25) is 0 Å². The fraction of sp³-hybridized carbons (Fsp3) is 0.381. The second-order valence-corrected chi connectivity index (χ2v) is 6.76. The fourth-order valence-corrected chi connectivity index (χ4v) is 3.13. The molecule has 0 aromatic heterocycles. The van der Waals surface area contributed by atoms with Crippen LogP contribution in [0.3, 0.4) is 0 Å². The van der Waals surface area contributed by atoms with E-state index >= 15 is 0 Å². The van der Waals surface area contributed by atoms with Crippen molar-refractivity contribution in [1.82, 2.24) is 10.6 Å². The van der Waals surface area contributed by atoms with Gasteiger partial charge in [-0.15, -0.1) is 12.4 Å². The molecule has 1 amide bonds. The van der Waals surface area contributed by atoms with Crippen LogP contribution in [0.5, 0.6) is 5.75 Å². The van der Waals surface area contributed by atoms with E-state index < -0.39 is 12.2 Å². The number of β-amino-alcohol motifs (C(OH)–C–C–N with tert-alkyl or cyclic N) is 1. The maximum atomic E-state index is 12.3. The van der Waals surface area contributed by atoms with Crippen molar-refractivity contribution in [3.63, 3.8) is 0 Å². The zero-order valence-corrected chi connectivity index (χ0v) is 16.2. The summed E-state index contributed by atoms with van der Waals surface area (Å²) in [6.45, 7) is 3.50. The number of benzene rings is 2. The predicted octanol–water partition coefficient (Wildman–Crippen LogP) is 2.16. The molecular weight excluding hydrogens is 364 g/mol. The predicted molar refractivity (Wildman–Crippen MR) is 108 cm³/mol. The second-order valence-electron chi connectivity index (χ2n) is 6.76. The standard InChI is InChI=1S/C21H26N2O3.ClH/c1-15(21(25)23-13-18-12-22-14-19(18)24)26-20-10-6-5-9-17(20)11-16-7-3-2-4-8-16;/h2-10,15,18-19,22,24H,11-14H2,1H3,(H,23,25);1H. The summed E-state index contributed by atoms with van der Waals surface area (Å²) in [6.07, 6.45) is -0.248. The van der Waals surface area contributed by atoms with Crippen LogP contribution < -0.4 is 15.4 Å². The van der Waals surface area contributed by atoms with Crippen molar-refractivity contribution in [2.75, 3.05) is 19.6 Å². The van der Waals surface area contributed by atoms with Gasteiger partial charge in [-0.25, -0.2) is 0 Å². The third-order valence-electron chi connectivity index (χ3n) is 4.73. The lowest BCUT2D eigenvalue weighted by molar-refractivity contribution is -0.127. The Morgan fingerprint density at radius 2 is 1.89 bits per heavy atom. The van der Waals surface area contributed by atoms with Gasteiger partial charge in [-0.3, -0.25) is 4.79 Å². The van der Waals surface area contributed by atoms with Gasteiger partial charge in [0.25, 0.3) is 5.91 Å². The number of ether oxygens (including phenoxy) is 1. The Hall–Kier alpha value is -2.08. The van der Waals surface area contributed by atoms with Gasteiger partial charge in [-0.05, 0) is 24.1 Å². The summed E-state index contributed by atoms with van der Waals surface area (Å²) in [4.78, 5) is 12.3. The van der Waals surface area contributed by atoms with Crippen LogP contribution in [0.1, 0.15) is 18.1 Å². The number of amides is 1. The highest BCUT2D eigenvalue weighted by molar-refractivity contribution is 5.85. The number of hydrogen-bond donors (Lipinski definition) is 3. The number of halogens is 1. The topological polar surface area (TPSA) is 70.6 Å². The summed E-state index contributed by atoms with van der Waals surface area (Å²) in [5, 5.41) is 15.8. The summed E-state index contributed by atoms with van der Waals surface area (Å²) in [5.41, 5.74) is 2.25. The molecule has 1 aliphatic rings. The van der Waals surface area contributed by atoms with Gasteiger partial charge in [-0.2, -0.15) is 0 Å². The van der Waals surface area contributed by atoms with Crippen molar-refractivity contribution < 1.29 is 14.6 Å². The lowest BCUT2D eigenvalue weighted by Crippen LogP contribution is -2.41. The van der Waals surface area contributed by atoms with E-state index in [1.165, 1.54) is 5.56 Å². The van der Waals surface area contributed by atoms with Crippen molar-refractivity contribution in [2.45, 2.75) is 25.6 Å². The SMILES string of the molecule is CC(Oc1ccccc1Cc1ccccc1)C(=O)NCC1CNCC1O.Cl. The molecule has 0 saturated carbocycles. The van der Waals surface area contributed by atoms with Crippen LogP contribution in [-0.4, -0.2) is 42.9 Å². The minimum atomic E-state index is -0.599. The van der Waals surface area contributed by atoms with E-state index in [2.05, 4.69) is 22.8 Å². The van der Waals surface area contributed by atoms with Gasteiger partial charge in [0.05, 0.1) is 6.10 Å².